The fourth-order valence-corrected chi connectivity index (χ4v) is 3.96. The number of hydrogen-bond donors (Lipinski definition) is 2. The molecule has 10 heteroatoms. The van der Waals surface area contributed by atoms with Gasteiger partial charge >= 0.3 is 0 Å². The third-order valence-corrected chi connectivity index (χ3v) is 6.20. The smallest absolute Gasteiger partial charge is 0.290 e. The summed E-state index contributed by atoms with van der Waals surface area (Å²) in [6.07, 6.45) is 3.62. The first-order chi connectivity index (χ1) is 14.3. The van der Waals surface area contributed by atoms with E-state index >= 15 is 0 Å². The lowest BCUT2D eigenvalue weighted by molar-refractivity contribution is -0.121. The van der Waals surface area contributed by atoms with Gasteiger partial charge in [0.05, 0.1) is 24.8 Å². The number of furan rings is 1. The number of benzene rings is 1. The third kappa shape index (κ3) is 4.93. The van der Waals surface area contributed by atoms with E-state index in [4.69, 9.17) is 9.15 Å². The third-order valence-electron chi connectivity index (χ3n) is 4.91. The van der Waals surface area contributed by atoms with E-state index in [0.29, 0.717) is 18.7 Å². The van der Waals surface area contributed by atoms with Crippen LogP contribution in [0.1, 0.15) is 36.7 Å². The first-order valence-corrected chi connectivity index (χ1v) is 11.3. The Kier molecular flexibility index (Phi) is 6.66. The molecule has 0 radical (unpaired) electrons. The first kappa shape index (κ1) is 21.7. The highest BCUT2D eigenvalue weighted by molar-refractivity contribution is 7.92. The molecule has 0 bridgehead atoms. The highest BCUT2D eigenvalue weighted by Gasteiger charge is 2.33. The van der Waals surface area contributed by atoms with Gasteiger partial charge in [-0.25, -0.2) is 8.42 Å². The molecule has 3 rings (SSSR count). The van der Waals surface area contributed by atoms with Gasteiger partial charge in [0.15, 0.2) is 5.76 Å². The normalized spacial score (nSPS) is 16.7. The van der Waals surface area contributed by atoms with E-state index in [1.807, 2.05) is 0 Å². The molecule has 1 unspecified atom stereocenters. The molecule has 1 saturated heterocycles. The zero-order chi connectivity index (χ0) is 21.7. The predicted molar refractivity (Wildman–Crippen MR) is 112 cm³/mol. The van der Waals surface area contributed by atoms with Crippen LogP contribution in [0.25, 0.3) is 0 Å². The monoisotopic (exact) mass is 435 g/mol. The fourth-order valence-electron chi connectivity index (χ4n) is 3.31. The maximum atomic E-state index is 12.9. The summed E-state index contributed by atoms with van der Waals surface area (Å²) in [4.78, 5) is 27.2. The van der Waals surface area contributed by atoms with Crippen molar-refractivity contribution in [2.75, 3.05) is 29.4 Å². The number of nitrogens with one attached hydrogen (secondary N) is 2. The molecular weight excluding hydrogens is 410 g/mol. The van der Waals surface area contributed by atoms with E-state index < -0.39 is 16.1 Å². The maximum Gasteiger partial charge on any atom is 0.290 e. The van der Waals surface area contributed by atoms with Gasteiger partial charge in [0.2, 0.25) is 15.9 Å². The number of piperidine rings is 1. The lowest BCUT2D eigenvalue weighted by Crippen LogP contribution is -2.49. The topological polar surface area (TPSA) is 118 Å². The van der Waals surface area contributed by atoms with Crippen molar-refractivity contribution in [3.05, 3.63) is 42.4 Å². The molecule has 1 aliphatic rings. The maximum absolute atomic E-state index is 12.9. The van der Waals surface area contributed by atoms with Crippen LogP contribution in [-0.4, -0.2) is 50.6 Å². The average Bonchev–Trinajstić information content (AvgIpc) is 3.29. The van der Waals surface area contributed by atoms with Gasteiger partial charge in [0.25, 0.3) is 5.91 Å². The van der Waals surface area contributed by atoms with E-state index in [2.05, 4.69) is 10.0 Å². The Balaban J connectivity index is 1.76. The summed E-state index contributed by atoms with van der Waals surface area (Å²) in [6, 6.07) is 7.22. The number of sulfonamides is 1. The Morgan fingerprint density at radius 3 is 2.73 bits per heavy atom. The number of rotatable bonds is 7. The van der Waals surface area contributed by atoms with Crippen molar-refractivity contribution in [2.24, 2.45) is 0 Å². The molecule has 2 amide bonds. The molecule has 2 aromatic rings. The summed E-state index contributed by atoms with van der Waals surface area (Å²) in [5.41, 5.74) is 0.719. The molecule has 9 nitrogen and oxygen atoms in total. The number of hydrogen-bond acceptors (Lipinski definition) is 6. The van der Waals surface area contributed by atoms with E-state index in [1.54, 1.807) is 18.2 Å². The highest BCUT2D eigenvalue weighted by atomic mass is 32.2. The average molecular weight is 436 g/mol. The molecule has 1 atom stereocenters. The van der Waals surface area contributed by atoms with Crippen LogP contribution in [0.5, 0.6) is 5.75 Å². The zero-order valence-electron chi connectivity index (χ0n) is 16.9. The van der Waals surface area contributed by atoms with Crippen LogP contribution in [0.15, 0.2) is 41.0 Å². The summed E-state index contributed by atoms with van der Waals surface area (Å²) < 4.78 is 36.5. The molecule has 1 aromatic heterocycles. The lowest BCUT2D eigenvalue weighted by atomic mass is 10.0. The van der Waals surface area contributed by atoms with Gasteiger partial charge in [-0.3, -0.25) is 14.3 Å². The Hall–Kier alpha value is -3.01. The molecule has 1 aliphatic heterocycles. The van der Waals surface area contributed by atoms with Crippen molar-refractivity contribution < 1.29 is 27.2 Å². The Labute approximate surface area is 175 Å². The second-order valence-electron chi connectivity index (χ2n) is 6.90. The molecular formula is C20H25N3O6S. The predicted octanol–water partition coefficient (Wildman–Crippen LogP) is 2.68. The van der Waals surface area contributed by atoms with E-state index in [1.165, 1.54) is 37.3 Å². The molecule has 0 aliphatic carbocycles. The second-order valence-corrected chi connectivity index (χ2v) is 8.91. The Bertz CT molecular complexity index is 1000. The second kappa shape index (κ2) is 9.21. The van der Waals surface area contributed by atoms with Gasteiger partial charge in [-0.2, -0.15) is 0 Å². The standard InChI is InChI=1S/C20H25N3O6S/c1-3-30(26,27)22-15-10-9-14(13-18(15)28-2)21-19(24)16-7-4-5-11-23(16)20(25)17-8-6-12-29-17/h6,8-10,12-13,16,22H,3-5,7,11H2,1-2H3,(H,21,24). The minimum Gasteiger partial charge on any atom is -0.494 e. The van der Waals surface area contributed by atoms with Gasteiger partial charge in [-0.1, -0.05) is 0 Å². The number of nitrogens with zero attached hydrogens (tertiary/aromatic N) is 1. The summed E-state index contributed by atoms with van der Waals surface area (Å²) >= 11 is 0. The first-order valence-electron chi connectivity index (χ1n) is 9.68. The lowest BCUT2D eigenvalue weighted by Gasteiger charge is -2.34. The van der Waals surface area contributed by atoms with E-state index in [9.17, 15) is 18.0 Å². The number of likely N-dealkylation sites (tertiary alicyclic amines) is 1. The number of anilines is 2. The molecule has 30 heavy (non-hydrogen) atoms. The molecule has 1 fully saturated rings. The van der Waals surface area contributed by atoms with Gasteiger partial charge in [0.1, 0.15) is 11.8 Å². The molecule has 2 N–H and O–H groups in total. The van der Waals surface area contributed by atoms with Crippen molar-refractivity contribution in [1.29, 1.82) is 0 Å². The van der Waals surface area contributed by atoms with Gasteiger partial charge in [-0.05, 0) is 50.5 Å². The number of carbonyl (C=O) groups is 2. The van der Waals surface area contributed by atoms with Crippen LogP contribution in [0.2, 0.25) is 0 Å². The molecule has 2 heterocycles. The molecule has 162 valence electrons. The highest BCUT2D eigenvalue weighted by Crippen LogP contribution is 2.29. The van der Waals surface area contributed by atoms with E-state index in [-0.39, 0.29) is 34.8 Å². The quantitative estimate of drug-likeness (QED) is 0.690. The Morgan fingerprint density at radius 1 is 1.27 bits per heavy atom. The van der Waals surface area contributed by atoms with Crippen molar-refractivity contribution in [3.8, 4) is 5.75 Å². The summed E-state index contributed by atoms with van der Waals surface area (Å²) in [5.74, 6) is -0.239. The number of carbonyl (C=O) groups excluding carboxylic acids is 2. The van der Waals surface area contributed by atoms with Crippen molar-refractivity contribution in [3.63, 3.8) is 0 Å². The van der Waals surface area contributed by atoms with Crippen LogP contribution in [0.3, 0.4) is 0 Å². The van der Waals surface area contributed by atoms with Gasteiger partial charge < -0.3 is 19.4 Å². The van der Waals surface area contributed by atoms with Crippen LogP contribution in [0, 0.1) is 0 Å². The number of amides is 2. The summed E-state index contributed by atoms with van der Waals surface area (Å²) in [7, 11) is -2.05. The SMILES string of the molecule is CCS(=O)(=O)Nc1ccc(NC(=O)C2CCCCN2C(=O)c2ccco2)cc1OC. The zero-order valence-corrected chi connectivity index (χ0v) is 17.7. The number of methoxy groups -OCH3 is 1. The van der Waals surface area contributed by atoms with Crippen molar-refractivity contribution in [1.82, 2.24) is 4.90 Å². The Morgan fingerprint density at radius 2 is 2.07 bits per heavy atom. The minimum absolute atomic E-state index is 0.0736. The molecule has 1 aromatic carbocycles. The summed E-state index contributed by atoms with van der Waals surface area (Å²) in [5, 5.41) is 2.80. The number of ether oxygens (including phenoxy) is 1. The van der Waals surface area contributed by atoms with Crippen LogP contribution in [0.4, 0.5) is 11.4 Å². The molecule has 0 saturated carbocycles. The molecule has 0 spiro atoms. The van der Waals surface area contributed by atoms with Gasteiger partial charge in [-0.15, -0.1) is 0 Å². The van der Waals surface area contributed by atoms with Crippen LogP contribution >= 0.6 is 0 Å². The van der Waals surface area contributed by atoms with Crippen molar-refractivity contribution in [2.45, 2.75) is 32.2 Å². The van der Waals surface area contributed by atoms with Crippen molar-refractivity contribution >= 4 is 33.2 Å². The summed E-state index contributed by atoms with van der Waals surface area (Å²) in [6.45, 7) is 2.00. The van der Waals surface area contributed by atoms with E-state index in [0.717, 1.165) is 12.8 Å². The van der Waals surface area contributed by atoms with Crippen LogP contribution in [-0.2, 0) is 14.8 Å². The van der Waals surface area contributed by atoms with Gasteiger partial charge in [0, 0.05) is 18.3 Å². The van der Waals surface area contributed by atoms with Crippen LogP contribution < -0.4 is 14.8 Å². The fraction of sp³-hybridized carbons (Fsp3) is 0.400. The minimum atomic E-state index is -3.47. The largest absolute Gasteiger partial charge is 0.494 e.